The van der Waals surface area contributed by atoms with Gasteiger partial charge in [-0.25, -0.2) is 0 Å². The van der Waals surface area contributed by atoms with E-state index in [0.717, 1.165) is 39.3 Å². The zero-order valence-corrected chi connectivity index (χ0v) is 11.7. The van der Waals surface area contributed by atoms with Crippen molar-refractivity contribution in [2.24, 2.45) is 5.92 Å². The summed E-state index contributed by atoms with van der Waals surface area (Å²) in [4.78, 5) is 13.8. The lowest BCUT2D eigenvalue weighted by Crippen LogP contribution is -2.42. The summed E-state index contributed by atoms with van der Waals surface area (Å²) in [5, 5.41) is 3.01. The molecule has 0 saturated carbocycles. The first-order valence-electron chi connectivity index (χ1n) is 6.28. The second-order valence-corrected chi connectivity index (χ2v) is 4.36. The summed E-state index contributed by atoms with van der Waals surface area (Å²) in [5.74, 6) is 0.808. The van der Waals surface area contributed by atoms with Gasteiger partial charge in [-0.15, -0.1) is 12.4 Å². The molecule has 0 radical (unpaired) electrons. The third-order valence-corrected chi connectivity index (χ3v) is 3.02. The van der Waals surface area contributed by atoms with Crippen LogP contribution in [0.15, 0.2) is 0 Å². The van der Waals surface area contributed by atoms with Crippen molar-refractivity contribution in [3.63, 3.8) is 0 Å². The number of carbonyl (C=O) groups is 1. The van der Waals surface area contributed by atoms with Crippen molar-refractivity contribution < 1.29 is 9.53 Å². The van der Waals surface area contributed by atoms with E-state index in [1.54, 1.807) is 0 Å². The molecular weight excluding hydrogens is 240 g/mol. The number of halogens is 1. The van der Waals surface area contributed by atoms with Gasteiger partial charge in [-0.1, -0.05) is 0 Å². The van der Waals surface area contributed by atoms with E-state index in [2.05, 4.69) is 5.32 Å². The molecule has 1 N–H and O–H groups in total. The maximum Gasteiger partial charge on any atom is 0.223 e. The highest BCUT2D eigenvalue weighted by molar-refractivity contribution is 5.85. The molecule has 0 spiro atoms. The van der Waals surface area contributed by atoms with E-state index in [-0.39, 0.29) is 18.3 Å². The molecule has 102 valence electrons. The van der Waals surface area contributed by atoms with Gasteiger partial charge >= 0.3 is 0 Å². The number of nitrogens with one attached hydrogen (secondary N) is 1. The summed E-state index contributed by atoms with van der Waals surface area (Å²) in [5.41, 5.74) is 0. The first-order valence-corrected chi connectivity index (χ1v) is 6.28. The average Bonchev–Trinajstić information content (AvgIpc) is 2.33. The van der Waals surface area contributed by atoms with E-state index < -0.39 is 0 Å². The van der Waals surface area contributed by atoms with Crippen LogP contribution in [-0.4, -0.2) is 50.7 Å². The fourth-order valence-corrected chi connectivity index (χ4v) is 2.10. The van der Waals surface area contributed by atoms with E-state index >= 15 is 0 Å². The van der Waals surface area contributed by atoms with Gasteiger partial charge in [-0.3, -0.25) is 4.79 Å². The van der Waals surface area contributed by atoms with Crippen LogP contribution in [0.4, 0.5) is 0 Å². The van der Waals surface area contributed by atoms with Gasteiger partial charge in [0.1, 0.15) is 0 Å². The van der Waals surface area contributed by atoms with Gasteiger partial charge in [0, 0.05) is 32.7 Å². The lowest BCUT2D eigenvalue weighted by atomic mass is 9.99. The molecule has 1 rings (SSSR count). The van der Waals surface area contributed by atoms with Crippen molar-refractivity contribution in [3.8, 4) is 0 Å². The zero-order chi connectivity index (χ0) is 11.8. The SMILES string of the molecule is CCOCC1CCCN(C(=O)CCNC)C1.Cl. The molecule has 1 aliphatic rings. The van der Waals surface area contributed by atoms with Crippen LogP contribution in [0.3, 0.4) is 0 Å². The second kappa shape index (κ2) is 9.68. The molecular formula is C12H25ClN2O2. The Morgan fingerprint density at radius 1 is 1.53 bits per heavy atom. The lowest BCUT2D eigenvalue weighted by Gasteiger charge is -2.32. The Hall–Kier alpha value is -0.320. The Morgan fingerprint density at radius 2 is 2.29 bits per heavy atom. The number of ether oxygens (including phenoxy) is 1. The van der Waals surface area contributed by atoms with Crippen molar-refractivity contribution in [1.82, 2.24) is 10.2 Å². The Kier molecular flexibility index (Phi) is 9.50. The first-order chi connectivity index (χ1) is 7.77. The summed E-state index contributed by atoms with van der Waals surface area (Å²) in [6, 6.07) is 0. The maximum atomic E-state index is 11.8. The van der Waals surface area contributed by atoms with Crippen LogP contribution < -0.4 is 5.32 Å². The molecule has 0 aromatic carbocycles. The molecule has 0 aromatic rings. The normalized spacial score (nSPS) is 19.9. The molecule has 0 aromatic heterocycles. The van der Waals surface area contributed by atoms with Crippen LogP contribution >= 0.6 is 12.4 Å². The Labute approximate surface area is 110 Å². The fraction of sp³-hybridized carbons (Fsp3) is 0.917. The highest BCUT2D eigenvalue weighted by Gasteiger charge is 2.22. The Balaban J connectivity index is 0.00000256. The maximum absolute atomic E-state index is 11.8. The highest BCUT2D eigenvalue weighted by Crippen LogP contribution is 2.17. The van der Waals surface area contributed by atoms with Crippen LogP contribution in [0.2, 0.25) is 0 Å². The number of hydrogen-bond donors (Lipinski definition) is 1. The van der Waals surface area contributed by atoms with Crippen LogP contribution in [0, 0.1) is 5.92 Å². The minimum Gasteiger partial charge on any atom is -0.381 e. The highest BCUT2D eigenvalue weighted by atomic mass is 35.5. The van der Waals surface area contributed by atoms with Gasteiger partial charge in [0.05, 0.1) is 6.61 Å². The van der Waals surface area contributed by atoms with E-state index in [0.29, 0.717) is 12.3 Å². The van der Waals surface area contributed by atoms with Gasteiger partial charge in [-0.2, -0.15) is 0 Å². The van der Waals surface area contributed by atoms with Crippen LogP contribution in [0.5, 0.6) is 0 Å². The molecule has 0 bridgehead atoms. The lowest BCUT2D eigenvalue weighted by molar-refractivity contribution is -0.133. The second-order valence-electron chi connectivity index (χ2n) is 4.36. The number of rotatable bonds is 6. The number of carbonyl (C=O) groups excluding carboxylic acids is 1. The summed E-state index contributed by atoms with van der Waals surface area (Å²) in [6.07, 6.45) is 2.91. The summed E-state index contributed by atoms with van der Waals surface area (Å²) in [7, 11) is 1.88. The van der Waals surface area contributed by atoms with Gasteiger partial charge in [0.25, 0.3) is 0 Å². The number of nitrogens with zero attached hydrogens (tertiary/aromatic N) is 1. The van der Waals surface area contributed by atoms with Crippen LogP contribution in [0.1, 0.15) is 26.2 Å². The van der Waals surface area contributed by atoms with Crippen LogP contribution in [-0.2, 0) is 9.53 Å². The molecule has 0 aliphatic carbocycles. The molecule has 1 saturated heterocycles. The predicted octanol–water partition coefficient (Wildman–Crippen LogP) is 1.29. The average molecular weight is 265 g/mol. The summed E-state index contributed by atoms with van der Waals surface area (Å²) in [6.45, 7) is 6.15. The zero-order valence-electron chi connectivity index (χ0n) is 10.9. The van der Waals surface area contributed by atoms with Crippen molar-refractivity contribution in [2.45, 2.75) is 26.2 Å². The molecule has 1 heterocycles. The molecule has 4 nitrogen and oxygen atoms in total. The number of piperidine rings is 1. The summed E-state index contributed by atoms with van der Waals surface area (Å²) >= 11 is 0. The van der Waals surface area contributed by atoms with E-state index in [9.17, 15) is 4.79 Å². The Morgan fingerprint density at radius 3 is 2.94 bits per heavy atom. The smallest absolute Gasteiger partial charge is 0.223 e. The standard InChI is InChI=1S/C12H24N2O2.ClH/c1-3-16-10-11-5-4-8-14(9-11)12(15)6-7-13-2;/h11,13H,3-10H2,1-2H3;1H. The first kappa shape index (κ1) is 16.7. The molecule has 1 fully saturated rings. The molecule has 1 aliphatic heterocycles. The molecule has 1 amide bonds. The third kappa shape index (κ3) is 6.24. The number of amides is 1. The van der Waals surface area contributed by atoms with Crippen molar-refractivity contribution >= 4 is 18.3 Å². The van der Waals surface area contributed by atoms with Crippen molar-refractivity contribution in [2.75, 3.05) is 39.9 Å². The number of likely N-dealkylation sites (tertiary alicyclic amines) is 1. The van der Waals surface area contributed by atoms with Crippen molar-refractivity contribution in [3.05, 3.63) is 0 Å². The third-order valence-electron chi connectivity index (χ3n) is 3.02. The van der Waals surface area contributed by atoms with Crippen molar-refractivity contribution in [1.29, 1.82) is 0 Å². The minimum atomic E-state index is 0. The predicted molar refractivity (Wildman–Crippen MR) is 71.6 cm³/mol. The van der Waals surface area contributed by atoms with Gasteiger partial charge in [0.2, 0.25) is 5.91 Å². The quantitative estimate of drug-likeness (QED) is 0.786. The van der Waals surface area contributed by atoms with E-state index in [4.69, 9.17) is 4.74 Å². The molecule has 17 heavy (non-hydrogen) atoms. The topological polar surface area (TPSA) is 41.6 Å². The molecule has 1 unspecified atom stereocenters. The molecule has 5 heteroatoms. The summed E-state index contributed by atoms with van der Waals surface area (Å²) < 4.78 is 5.43. The minimum absolute atomic E-state index is 0. The molecule has 1 atom stereocenters. The Bertz CT molecular complexity index is 215. The largest absolute Gasteiger partial charge is 0.381 e. The van der Waals surface area contributed by atoms with E-state index in [1.807, 2.05) is 18.9 Å². The fourth-order valence-electron chi connectivity index (χ4n) is 2.10. The van der Waals surface area contributed by atoms with Gasteiger partial charge in [-0.05, 0) is 32.7 Å². The monoisotopic (exact) mass is 264 g/mol. The van der Waals surface area contributed by atoms with E-state index in [1.165, 1.54) is 6.42 Å². The van der Waals surface area contributed by atoms with Gasteiger partial charge in [0.15, 0.2) is 0 Å². The van der Waals surface area contributed by atoms with Crippen LogP contribution in [0.25, 0.3) is 0 Å². The number of hydrogen-bond acceptors (Lipinski definition) is 3. The van der Waals surface area contributed by atoms with Gasteiger partial charge < -0.3 is 15.0 Å².